The van der Waals surface area contributed by atoms with Gasteiger partial charge in [-0.2, -0.15) is 0 Å². The van der Waals surface area contributed by atoms with E-state index in [9.17, 15) is 9.18 Å². The van der Waals surface area contributed by atoms with Crippen molar-refractivity contribution >= 4 is 5.91 Å². The van der Waals surface area contributed by atoms with Crippen LogP contribution >= 0.6 is 0 Å². The lowest BCUT2D eigenvalue weighted by Crippen LogP contribution is -2.53. The monoisotopic (exact) mass is 265 g/mol. The summed E-state index contributed by atoms with van der Waals surface area (Å²) in [5.74, 6) is -1.03. The number of hydrogen-bond donors (Lipinski definition) is 2. The third kappa shape index (κ3) is 3.43. The molecule has 19 heavy (non-hydrogen) atoms. The molecule has 1 rings (SSSR count). The normalized spacial score (nSPS) is 13.4. The molecule has 0 radical (unpaired) electrons. The van der Waals surface area contributed by atoms with Crippen LogP contribution in [0.1, 0.15) is 18.9 Å². The molecular formula is C12H16FN5O. The van der Waals surface area contributed by atoms with E-state index in [4.69, 9.17) is 11.3 Å². The van der Waals surface area contributed by atoms with Crippen molar-refractivity contribution in [2.75, 3.05) is 13.1 Å². The third-order valence-corrected chi connectivity index (χ3v) is 2.97. The van der Waals surface area contributed by atoms with Crippen LogP contribution in [0.5, 0.6) is 0 Å². The lowest BCUT2D eigenvalue weighted by atomic mass is 9.86. The maximum atomic E-state index is 13.3. The van der Waals surface area contributed by atoms with Gasteiger partial charge >= 0.3 is 0 Å². The second-order valence-electron chi connectivity index (χ2n) is 4.01. The number of amides is 1. The second-order valence-corrected chi connectivity index (χ2v) is 4.01. The molecule has 102 valence electrons. The molecule has 1 atom stereocenters. The van der Waals surface area contributed by atoms with Crippen LogP contribution in [-0.2, 0) is 10.3 Å². The number of hydrogen-bond acceptors (Lipinski definition) is 3. The van der Waals surface area contributed by atoms with Crippen molar-refractivity contribution in [2.24, 2.45) is 10.8 Å². The Labute approximate surface area is 110 Å². The fraction of sp³-hybridized carbons (Fsp3) is 0.417. The molecule has 0 bridgehead atoms. The quantitative estimate of drug-likeness (QED) is 0.340. The van der Waals surface area contributed by atoms with Gasteiger partial charge in [0.15, 0.2) is 0 Å². The zero-order valence-corrected chi connectivity index (χ0v) is 10.6. The Morgan fingerprint density at radius 3 is 2.89 bits per heavy atom. The maximum Gasteiger partial charge on any atom is 0.242 e. The summed E-state index contributed by atoms with van der Waals surface area (Å²) in [5, 5.41) is 6.33. The van der Waals surface area contributed by atoms with Gasteiger partial charge in [0.25, 0.3) is 0 Å². The summed E-state index contributed by atoms with van der Waals surface area (Å²) >= 11 is 0. The van der Waals surface area contributed by atoms with Crippen LogP contribution in [-0.4, -0.2) is 19.0 Å². The molecule has 3 N–H and O–H groups in total. The van der Waals surface area contributed by atoms with Gasteiger partial charge in [-0.25, -0.2) is 4.39 Å². The van der Waals surface area contributed by atoms with E-state index in [1.165, 1.54) is 18.2 Å². The number of benzene rings is 1. The summed E-state index contributed by atoms with van der Waals surface area (Å²) in [4.78, 5) is 14.4. The van der Waals surface area contributed by atoms with Gasteiger partial charge in [-0.15, -0.1) is 0 Å². The molecule has 1 unspecified atom stereocenters. The van der Waals surface area contributed by atoms with E-state index >= 15 is 0 Å². The van der Waals surface area contributed by atoms with E-state index in [2.05, 4.69) is 15.3 Å². The van der Waals surface area contributed by atoms with Crippen molar-refractivity contribution in [1.82, 2.24) is 5.32 Å². The SMILES string of the molecule is CCC(NCCN=[N+]=[N-])(C(N)=O)c1cccc(F)c1. The van der Waals surface area contributed by atoms with Gasteiger partial charge in [0, 0.05) is 18.0 Å². The summed E-state index contributed by atoms with van der Waals surface area (Å²) in [6.07, 6.45) is 0.363. The Hall–Kier alpha value is -2.11. The Morgan fingerprint density at radius 2 is 2.37 bits per heavy atom. The van der Waals surface area contributed by atoms with Crippen molar-refractivity contribution in [2.45, 2.75) is 18.9 Å². The first kappa shape index (κ1) is 14.9. The predicted molar refractivity (Wildman–Crippen MR) is 69.6 cm³/mol. The van der Waals surface area contributed by atoms with Crippen molar-refractivity contribution in [3.8, 4) is 0 Å². The molecule has 0 aliphatic carbocycles. The standard InChI is InChI=1S/C12H16FN5O/c1-2-12(11(14)19,16-6-7-17-18-15)9-4-3-5-10(13)8-9/h3-5,8,16H,2,6-7H2,1H3,(H2,14,19). The molecule has 1 aromatic rings. The smallest absolute Gasteiger partial charge is 0.242 e. The fourth-order valence-electron chi connectivity index (χ4n) is 1.95. The van der Waals surface area contributed by atoms with Crippen LogP contribution in [0, 0.1) is 5.82 Å². The molecule has 0 saturated carbocycles. The minimum atomic E-state index is -1.16. The average molecular weight is 265 g/mol. The van der Waals surface area contributed by atoms with Gasteiger partial charge in [-0.1, -0.05) is 24.2 Å². The molecule has 0 aliphatic rings. The molecule has 0 fully saturated rings. The van der Waals surface area contributed by atoms with Gasteiger partial charge in [0.05, 0.1) is 0 Å². The number of nitrogens with two attached hydrogens (primary N) is 1. The highest BCUT2D eigenvalue weighted by atomic mass is 19.1. The number of rotatable bonds is 7. The number of primary amides is 1. The van der Waals surface area contributed by atoms with Gasteiger partial charge in [0.2, 0.25) is 5.91 Å². The van der Waals surface area contributed by atoms with E-state index in [0.29, 0.717) is 12.0 Å². The molecule has 0 spiro atoms. The average Bonchev–Trinajstić information content (AvgIpc) is 2.39. The zero-order chi connectivity index (χ0) is 14.3. The molecular weight excluding hydrogens is 249 g/mol. The van der Waals surface area contributed by atoms with Gasteiger partial charge in [-0.3, -0.25) is 10.1 Å². The Balaban J connectivity index is 3.04. The van der Waals surface area contributed by atoms with Crippen LogP contribution in [0.25, 0.3) is 10.4 Å². The molecule has 1 aromatic carbocycles. The maximum absolute atomic E-state index is 13.3. The van der Waals surface area contributed by atoms with Gasteiger partial charge < -0.3 is 5.73 Å². The van der Waals surface area contributed by atoms with E-state index in [0.717, 1.165) is 0 Å². The lowest BCUT2D eigenvalue weighted by molar-refractivity contribution is -0.125. The number of nitrogens with one attached hydrogen (secondary N) is 1. The zero-order valence-electron chi connectivity index (χ0n) is 10.6. The molecule has 0 aliphatic heterocycles. The predicted octanol–water partition coefficient (Wildman–Crippen LogP) is 1.82. The summed E-state index contributed by atoms with van der Waals surface area (Å²) in [5.41, 5.74) is 13.0. The molecule has 0 heterocycles. The van der Waals surface area contributed by atoms with Crippen molar-refractivity contribution in [1.29, 1.82) is 0 Å². The summed E-state index contributed by atoms with van der Waals surface area (Å²) in [6, 6.07) is 5.73. The summed E-state index contributed by atoms with van der Waals surface area (Å²) < 4.78 is 13.3. The van der Waals surface area contributed by atoms with Crippen LogP contribution < -0.4 is 11.1 Å². The molecule has 0 aromatic heterocycles. The van der Waals surface area contributed by atoms with Crippen LogP contribution in [0.2, 0.25) is 0 Å². The van der Waals surface area contributed by atoms with Crippen molar-refractivity contribution < 1.29 is 9.18 Å². The number of azide groups is 1. The topological polar surface area (TPSA) is 104 Å². The van der Waals surface area contributed by atoms with Crippen molar-refractivity contribution in [3.63, 3.8) is 0 Å². The Kier molecular flexibility index (Phi) is 5.29. The molecule has 7 heteroatoms. The summed E-state index contributed by atoms with van der Waals surface area (Å²) in [6.45, 7) is 2.23. The van der Waals surface area contributed by atoms with Crippen molar-refractivity contribution in [3.05, 3.63) is 46.1 Å². The number of halogens is 1. The minimum Gasteiger partial charge on any atom is -0.368 e. The van der Waals surface area contributed by atoms with E-state index in [1.54, 1.807) is 13.0 Å². The fourth-order valence-corrected chi connectivity index (χ4v) is 1.95. The van der Waals surface area contributed by atoms with E-state index in [1.807, 2.05) is 0 Å². The van der Waals surface area contributed by atoms with Crippen LogP contribution in [0.15, 0.2) is 29.4 Å². The van der Waals surface area contributed by atoms with E-state index in [-0.39, 0.29) is 13.1 Å². The first-order valence-corrected chi connectivity index (χ1v) is 5.88. The third-order valence-electron chi connectivity index (χ3n) is 2.97. The molecule has 6 nitrogen and oxygen atoms in total. The van der Waals surface area contributed by atoms with Crippen LogP contribution in [0.4, 0.5) is 4.39 Å². The Bertz CT molecular complexity index is 501. The highest BCUT2D eigenvalue weighted by Crippen LogP contribution is 2.25. The Morgan fingerprint density at radius 1 is 1.63 bits per heavy atom. The first-order valence-electron chi connectivity index (χ1n) is 5.88. The lowest BCUT2D eigenvalue weighted by Gasteiger charge is -2.31. The summed E-state index contributed by atoms with van der Waals surface area (Å²) in [7, 11) is 0. The highest BCUT2D eigenvalue weighted by molar-refractivity contribution is 5.86. The van der Waals surface area contributed by atoms with E-state index < -0.39 is 17.3 Å². The molecule has 0 saturated heterocycles. The minimum absolute atomic E-state index is 0.181. The largest absolute Gasteiger partial charge is 0.368 e. The van der Waals surface area contributed by atoms with Gasteiger partial charge in [-0.05, 0) is 29.6 Å². The van der Waals surface area contributed by atoms with Crippen LogP contribution in [0.3, 0.4) is 0 Å². The second kappa shape index (κ2) is 6.72. The number of carbonyl (C=O) groups excluding carboxylic acids is 1. The number of carbonyl (C=O) groups is 1. The number of nitrogens with zero attached hydrogens (tertiary/aromatic N) is 3. The molecule has 1 amide bonds. The first-order chi connectivity index (χ1) is 9.06. The van der Waals surface area contributed by atoms with Gasteiger partial charge in [0.1, 0.15) is 11.4 Å². The highest BCUT2D eigenvalue weighted by Gasteiger charge is 2.36.